The summed E-state index contributed by atoms with van der Waals surface area (Å²) in [7, 11) is 0. The lowest BCUT2D eigenvalue weighted by Gasteiger charge is -2.14. The van der Waals surface area contributed by atoms with Gasteiger partial charge in [0.2, 0.25) is 0 Å². The van der Waals surface area contributed by atoms with Crippen LogP contribution in [0.4, 0.5) is 4.39 Å². The Hall–Kier alpha value is -0.610. The number of benzene rings is 2. The van der Waals surface area contributed by atoms with Crippen LogP contribution >= 0.6 is 39.1 Å². The Kier molecular flexibility index (Phi) is 4.85. The monoisotopic (exact) mass is 362 g/mol. The Balaban J connectivity index is 2.27. The molecule has 0 aliphatic carbocycles. The van der Waals surface area contributed by atoms with Gasteiger partial charge in [0.05, 0.1) is 6.10 Å². The summed E-state index contributed by atoms with van der Waals surface area (Å²) in [6, 6.07) is 9.29. The van der Waals surface area contributed by atoms with E-state index in [4.69, 9.17) is 23.2 Å². The summed E-state index contributed by atoms with van der Waals surface area (Å²) in [6.07, 6.45) is -0.642. The fourth-order valence-corrected chi connectivity index (χ4v) is 2.60. The summed E-state index contributed by atoms with van der Waals surface area (Å²) in [5, 5.41) is 11.1. The van der Waals surface area contributed by atoms with E-state index in [2.05, 4.69) is 15.9 Å². The van der Waals surface area contributed by atoms with Crippen molar-refractivity contribution in [1.29, 1.82) is 0 Å². The van der Waals surface area contributed by atoms with Crippen LogP contribution in [0.1, 0.15) is 17.2 Å². The Morgan fingerprint density at radius 3 is 2.53 bits per heavy atom. The second kappa shape index (κ2) is 6.23. The zero-order chi connectivity index (χ0) is 14.0. The number of rotatable bonds is 3. The lowest BCUT2D eigenvalue weighted by molar-refractivity contribution is 0.178. The van der Waals surface area contributed by atoms with E-state index in [1.807, 2.05) is 0 Å². The van der Waals surface area contributed by atoms with Crippen molar-refractivity contribution >= 4 is 39.1 Å². The van der Waals surface area contributed by atoms with Gasteiger partial charge in [0.25, 0.3) is 0 Å². The molecule has 1 nitrogen and oxygen atoms in total. The molecule has 2 aromatic carbocycles. The van der Waals surface area contributed by atoms with Crippen molar-refractivity contribution in [3.8, 4) is 0 Å². The largest absolute Gasteiger partial charge is 0.388 e. The molecule has 0 aliphatic heterocycles. The van der Waals surface area contributed by atoms with Gasteiger partial charge in [-0.2, -0.15) is 0 Å². The zero-order valence-electron chi connectivity index (χ0n) is 9.71. The Labute approximate surface area is 129 Å². The van der Waals surface area contributed by atoms with Gasteiger partial charge in [0.1, 0.15) is 5.82 Å². The Morgan fingerprint density at radius 1 is 1.11 bits per heavy atom. The summed E-state index contributed by atoms with van der Waals surface area (Å²) in [5.74, 6) is -0.382. The predicted molar refractivity (Wildman–Crippen MR) is 79.2 cm³/mol. The first-order valence-electron chi connectivity index (χ1n) is 5.54. The molecule has 0 radical (unpaired) electrons. The molecule has 19 heavy (non-hydrogen) atoms. The molecule has 1 atom stereocenters. The first kappa shape index (κ1) is 14.8. The maximum Gasteiger partial charge on any atom is 0.123 e. The molecule has 2 rings (SSSR count). The quantitative estimate of drug-likeness (QED) is 0.797. The molecule has 1 N–H and O–H groups in total. The van der Waals surface area contributed by atoms with Crippen LogP contribution in [-0.2, 0) is 6.42 Å². The molecule has 2 aromatic rings. The minimum atomic E-state index is -0.843. The first-order valence-corrected chi connectivity index (χ1v) is 7.09. The molecule has 0 aliphatic rings. The van der Waals surface area contributed by atoms with Crippen LogP contribution in [0, 0.1) is 5.82 Å². The number of hydrogen-bond donors (Lipinski definition) is 1. The minimum absolute atomic E-state index is 0.201. The molecule has 100 valence electrons. The van der Waals surface area contributed by atoms with E-state index >= 15 is 0 Å². The molecule has 0 saturated heterocycles. The lowest BCUT2D eigenvalue weighted by Crippen LogP contribution is -2.03. The third-order valence-electron chi connectivity index (χ3n) is 2.74. The van der Waals surface area contributed by atoms with Gasteiger partial charge >= 0.3 is 0 Å². The standard InChI is InChI=1S/C14H10BrCl2FO/c15-9-1-3-13(17)11(7-9)14(19)6-8-5-10(18)2-4-12(8)16/h1-5,7,14,19H,6H2. The van der Waals surface area contributed by atoms with Crippen LogP contribution in [0.25, 0.3) is 0 Å². The highest BCUT2D eigenvalue weighted by molar-refractivity contribution is 9.10. The topological polar surface area (TPSA) is 20.2 Å². The van der Waals surface area contributed by atoms with Crippen LogP contribution < -0.4 is 0 Å². The van der Waals surface area contributed by atoms with Crippen LogP contribution in [0.2, 0.25) is 10.0 Å². The van der Waals surface area contributed by atoms with Crippen LogP contribution in [0.15, 0.2) is 40.9 Å². The summed E-state index contributed by atoms with van der Waals surface area (Å²) < 4.78 is 14.0. The second-order valence-corrected chi connectivity index (χ2v) is 5.85. The molecule has 0 fully saturated rings. The van der Waals surface area contributed by atoms with E-state index in [1.54, 1.807) is 18.2 Å². The number of aliphatic hydroxyl groups excluding tert-OH is 1. The van der Waals surface area contributed by atoms with Crippen molar-refractivity contribution in [2.75, 3.05) is 0 Å². The van der Waals surface area contributed by atoms with E-state index < -0.39 is 6.10 Å². The first-order chi connectivity index (χ1) is 8.97. The maximum atomic E-state index is 13.2. The summed E-state index contributed by atoms with van der Waals surface area (Å²) in [4.78, 5) is 0. The van der Waals surface area contributed by atoms with E-state index in [1.165, 1.54) is 18.2 Å². The number of halogens is 4. The van der Waals surface area contributed by atoms with Crippen molar-refractivity contribution in [2.45, 2.75) is 12.5 Å². The van der Waals surface area contributed by atoms with Crippen molar-refractivity contribution in [3.63, 3.8) is 0 Å². The SMILES string of the molecule is OC(Cc1cc(F)ccc1Cl)c1cc(Br)ccc1Cl. The number of hydrogen-bond acceptors (Lipinski definition) is 1. The predicted octanol–water partition coefficient (Wildman–Crippen LogP) is 5.17. The summed E-state index contributed by atoms with van der Waals surface area (Å²) in [5.41, 5.74) is 1.13. The summed E-state index contributed by atoms with van der Waals surface area (Å²) in [6.45, 7) is 0. The van der Waals surface area contributed by atoms with E-state index in [0.29, 0.717) is 21.2 Å². The highest BCUT2D eigenvalue weighted by Crippen LogP contribution is 2.30. The average molecular weight is 364 g/mol. The van der Waals surface area contributed by atoms with Crippen molar-refractivity contribution in [3.05, 3.63) is 67.9 Å². The zero-order valence-corrected chi connectivity index (χ0v) is 12.8. The van der Waals surface area contributed by atoms with Crippen LogP contribution in [-0.4, -0.2) is 5.11 Å². The highest BCUT2D eigenvalue weighted by atomic mass is 79.9. The average Bonchev–Trinajstić information content (AvgIpc) is 2.36. The fraction of sp³-hybridized carbons (Fsp3) is 0.143. The van der Waals surface area contributed by atoms with Crippen molar-refractivity contribution in [1.82, 2.24) is 0 Å². The normalized spacial score (nSPS) is 12.5. The van der Waals surface area contributed by atoms with Crippen LogP contribution in [0.5, 0.6) is 0 Å². The minimum Gasteiger partial charge on any atom is -0.388 e. The molecule has 0 bridgehead atoms. The second-order valence-electron chi connectivity index (χ2n) is 4.12. The van der Waals surface area contributed by atoms with Gasteiger partial charge in [-0.1, -0.05) is 39.1 Å². The molecule has 1 unspecified atom stereocenters. The molecular weight excluding hydrogens is 354 g/mol. The molecule has 0 spiro atoms. The van der Waals surface area contributed by atoms with Crippen molar-refractivity contribution < 1.29 is 9.50 Å². The molecule has 0 heterocycles. The van der Waals surface area contributed by atoms with Gasteiger partial charge in [-0.3, -0.25) is 0 Å². The molecule has 5 heteroatoms. The Bertz CT molecular complexity index is 604. The summed E-state index contributed by atoms with van der Waals surface area (Å²) >= 11 is 15.3. The lowest BCUT2D eigenvalue weighted by atomic mass is 10.0. The van der Waals surface area contributed by atoms with E-state index in [-0.39, 0.29) is 12.2 Å². The van der Waals surface area contributed by atoms with Gasteiger partial charge in [-0.15, -0.1) is 0 Å². The molecule has 0 saturated carbocycles. The van der Waals surface area contributed by atoms with E-state index in [0.717, 1.165) is 4.47 Å². The molecule has 0 aromatic heterocycles. The van der Waals surface area contributed by atoms with Gasteiger partial charge in [0, 0.05) is 26.5 Å². The van der Waals surface area contributed by atoms with Crippen molar-refractivity contribution in [2.24, 2.45) is 0 Å². The molecular formula is C14H10BrCl2FO. The number of aliphatic hydroxyl groups is 1. The van der Waals surface area contributed by atoms with Gasteiger partial charge in [-0.25, -0.2) is 4.39 Å². The highest BCUT2D eigenvalue weighted by Gasteiger charge is 2.15. The van der Waals surface area contributed by atoms with Crippen LogP contribution in [0.3, 0.4) is 0 Å². The van der Waals surface area contributed by atoms with Gasteiger partial charge < -0.3 is 5.11 Å². The maximum absolute atomic E-state index is 13.2. The van der Waals surface area contributed by atoms with Gasteiger partial charge in [-0.05, 0) is 42.0 Å². The molecule has 0 amide bonds. The third-order valence-corrected chi connectivity index (χ3v) is 3.94. The van der Waals surface area contributed by atoms with Gasteiger partial charge in [0.15, 0.2) is 0 Å². The fourth-order valence-electron chi connectivity index (χ4n) is 1.79. The smallest absolute Gasteiger partial charge is 0.123 e. The third kappa shape index (κ3) is 3.69. The van der Waals surface area contributed by atoms with E-state index in [9.17, 15) is 9.50 Å². The Morgan fingerprint density at radius 2 is 1.79 bits per heavy atom.